The van der Waals surface area contributed by atoms with Crippen LogP contribution in [0.3, 0.4) is 0 Å². The maximum absolute atomic E-state index is 13.9. The number of amides is 1. The monoisotopic (exact) mass is 641 g/mol. The van der Waals surface area contributed by atoms with E-state index in [9.17, 15) is 24.6 Å². The van der Waals surface area contributed by atoms with Crippen molar-refractivity contribution in [2.45, 2.75) is 139 Å². The lowest BCUT2D eigenvalue weighted by Gasteiger charge is -2.72. The van der Waals surface area contributed by atoms with E-state index in [2.05, 4.69) is 53.4 Å². The average molecular weight is 642 g/mol. The molecule has 0 bridgehead atoms. The van der Waals surface area contributed by atoms with Crippen LogP contribution < -0.4 is 5.32 Å². The normalized spacial score (nSPS) is 42.9. The van der Waals surface area contributed by atoms with Gasteiger partial charge >= 0.3 is 11.9 Å². The van der Waals surface area contributed by atoms with Gasteiger partial charge in [0.2, 0.25) is 5.91 Å². The molecule has 0 radical (unpaired) electrons. The first-order valence-electron chi connectivity index (χ1n) is 18.2. The summed E-state index contributed by atoms with van der Waals surface area (Å²) in [6, 6.07) is 0. The molecule has 0 spiro atoms. The lowest BCUT2D eigenvalue weighted by Crippen LogP contribution is -2.67. The summed E-state index contributed by atoms with van der Waals surface area (Å²) in [5.74, 6) is 1.09. The number of carbonyl (C=O) groups excluding carboxylic acids is 2. The van der Waals surface area contributed by atoms with Crippen LogP contribution >= 0.6 is 0 Å². The molecule has 0 heterocycles. The second kappa shape index (κ2) is 11.9. The number of carboxylic acids is 1. The zero-order valence-electron chi connectivity index (χ0n) is 30.1. The number of aliphatic hydroxyl groups is 1. The molecule has 260 valence electrons. The molecule has 0 aromatic carbocycles. The van der Waals surface area contributed by atoms with Gasteiger partial charge in [0.05, 0.1) is 24.9 Å². The van der Waals surface area contributed by atoms with Gasteiger partial charge in [-0.05, 0) is 122 Å². The van der Waals surface area contributed by atoms with Gasteiger partial charge in [0.1, 0.15) is 6.10 Å². The minimum atomic E-state index is -0.892. The van der Waals surface area contributed by atoms with Crippen molar-refractivity contribution in [3.8, 4) is 0 Å². The van der Waals surface area contributed by atoms with Gasteiger partial charge in [-0.25, -0.2) is 0 Å². The van der Waals surface area contributed by atoms with Crippen LogP contribution in [0.4, 0.5) is 0 Å². The molecule has 5 fully saturated rings. The number of nitrogens with one attached hydrogen (secondary N) is 1. The van der Waals surface area contributed by atoms with E-state index in [0.717, 1.165) is 57.8 Å². The highest BCUT2D eigenvalue weighted by molar-refractivity contribution is 5.84. The number of allylic oxidation sites excluding steroid dienone is 1. The third-order valence-electron chi connectivity index (χ3n) is 15.4. The van der Waals surface area contributed by atoms with Gasteiger partial charge in [-0.15, -0.1) is 0 Å². The van der Waals surface area contributed by atoms with Gasteiger partial charge in [-0.2, -0.15) is 0 Å². The quantitative estimate of drug-likeness (QED) is 0.177. The van der Waals surface area contributed by atoms with Crippen molar-refractivity contribution in [3.63, 3.8) is 0 Å². The molecule has 7 heteroatoms. The van der Waals surface area contributed by atoms with E-state index >= 15 is 0 Å². The van der Waals surface area contributed by atoms with Crippen LogP contribution in [0.2, 0.25) is 0 Å². The van der Waals surface area contributed by atoms with Gasteiger partial charge in [-0.3, -0.25) is 14.4 Å². The summed E-state index contributed by atoms with van der Waals surface area (Å²) < 4.78 is 6.23. The summed E-state index contributed by atoms with van der Waals surface area (Å²) >= 11 is 0. The van der Waals surface area contributed by atoms with E-state index in [1.807, 2.05) is 13.8 Å². The molecule has 0 aromatic heterocycles. The predicted octanol–water partition coefficient (Wildman–Crippen LogP) is 7.56. The number of fused-ring (bicyclic) bond motifs is 7. The fraction of sp³-hybridized carbons (Fsp3) is 0.872. The smallest absolute Gasteiger partial charge is 0.306 e. The molecular formula is C39H63NO6. The highest BCUT2D eigenvalue weighted by Crippen LogP contribution is 2.77. The first-order chi connectivity index (χ1) is 21.3. The SMILES string of the molecule is C=C(C)[C@@H]1CC[C@]2(C(=O)NCCO)CC[C@]3(C)[C@H](CC[C@@H]4[C@@]5(C)CC[C@H](OC(=O)CC(C)(C)CC(=O)O)C(C)(C)[C@@H]5CC[C@]43C)[C@@H]12. The zero-order chi connectivity index (χ0) is 34.1. The van der Waals surface area contributed by atoms with Crippen molar-refractivity contribution in [2.24, 2.45) is 62.1 Å². The first kappa shape index (κ1) is 35.4. The second-order valence-electron chi connectivity index (χ2n) is 18.6. The third kappa shape index (κ3) is 5.37. The summed E-state index contributed by atoms with van der Waals surface area (Å²) in [5.41, 5.74) is 0.435. The number of esters is 1. The van der Waals surface area contributed by atoms with Crippen LogP contribution in [0.15, 0.2) is 12.2 Å². The molecular weight excluding hydrogens is 578 g/mol. The van der Waals surface area contributed by atoms with Crippen LogP contribution in [0.5, 0.6) is 0 Å². The number of hydrogen-bond acceptors (Lipinski definition) is 5. The molecule has 46 heavy (non-hydrogen) atoms. The molecule has 0 saturated heterocycles. The van der Waals surface area contributed by atoms with E-state index in [4.69, 9.17) is 4.74 Å². The molecule has 3 N–H and O–H groups in total. The predicted molar refractivity (Wildman–Crippen MR) is 180 cm³/mol. The molecule has 5 rings (SSSR count). The van der Waals surface area contributed by atoms with Crippen molar-refractivity contribution in [3.05, 3.63) is 12.2 Å². The Morgan fingerprint density at radius 1 is 0.870 bits per heavy atom. The molecule has 5 saturated carbocycles. The lowest BCUT2D eigenvalue weighted by molar-refractivity contribution is -0.249. The van der Waals surface area contributed by atoms with Crippen LogP contribution in [0, 0.1) is 62.1 Å². The summed E-state index contributed by atoms with van der Waals surface area (Å²) in [6.07, 6.45) is 10.2. The van der Waals surface area contributed by atoms with Gasteiger partial charge in [0.15, 0.2) is 0 Å². The Kier molecular flexibility index (Phi) is 9.17. The lowest BCUT2D eigenvalue weighted by atomic mass is 9.32. The Labute approximate surface area is 278 Å². The standard InChI is InChI=1S/C39H63NO6/c1-24(2)25-12-17-39(33(45)40-20-21-41)19-18-37(8)26(32(25)39)10-11-28-36(7)15-14-29(35(5,6)27(36)13-16-38(28,37)9)46-31(44)23-34(3,4)22-30(42)43/h25-29,32,41H,1,10-23H2,2-9H3,(H,40,45)(H,42,43)/t25-,26+,27-,28+,29-,32+,36-,37+,38+,39-/m0/s1. The molecule has 0 aromatic rings. The highest BCUT2D eigenvalue weighted by Gasteiger charge is 2.72. The molecule has 7 nitrogen and oxygen atoms in total. The van der Waals surface area contributed by atoms with Crippen molar-refractivity contribution in [1.82, 2.24) is 5.32 Å². The van der Waals surface area contributed by atoms with Crippen LogP contribution in [0.1, 0.15) is 132 Å². The van der Waals surface area contributed by atoms with E-state index in [-0.39, 0.29) is 64.5 Å². The van der Waals surface area contributed by atoms with E-state index < -0.39 is 11.4 Å². The minimum absolute atomic E-state index is 0.0316. The number of carboxylic acid groups (broad SMARTS) is 1. The number of carbonyl (C=O) groups is 3. The van der Waals surface area contributed by atoms with E-state index in [0.29, 0.717) is 36.1 Å². The number of aliphatic hydroxyl groups excluding tert-OH is 1. The Morgan fingerprint density at radius 3 is 2.20 bits per heavy atom. The van der Waals surface area contributed by atoms with Gasteiger partial charge < -0.3 is 20.3 Å². The summed E-state index contributed by atoms with van der Waals surface area (Å²) in [4.78, 5) is 38.4. The Bertz CT molecular complexity index is 1240. The Morgan fingerprint density at radius 2 is 1.57 bits per heavy atom. The van der Waals surface area contributed by atoms with E-state index in [1.54, 1.807) is 0 Å². The maximum atomic E-state index is 13.9. The summed E-state index contributed by atoms with van der Waals surface area (Å²) in [5, 5.41) is 21.9. The molecule has 5 aliphatic rings. The van der Waals surface area contributed by atoms with Crippen molar-refractivity contribution < 1.29 is 29.3 Å². The molecule has 1 amide bonds. The maximum Gasteiger partial charge on any atom is 0.306 e. The first-order valence-corrected chi connectivity index (χ1v) is 18.2. The van der Waals surface area contributed by atoms with Gasteiger partial charge in [-0.1, -0.05) is 60.6 Å². The topological polar surface area (TPSA) is 113 Å². The van der Waals surface area contributed by atoms with Crippen LogP contribution in [0.25, 0.3) is 0 Å². The molecule has 0 aliphatic heterocycles. The number of aliphatic carboxylic acids is 1. The summed E-state index contributed by atoms with van der Waals surface area (Å²) in [6.45, 7) is 22.9. The van der Waals surface area contributed by atoms with Crippen LogP contribution in [-0.2, 0) is 19.1 Å². The summed E-state index contributed by atoms with van der Waals surface area (Å²) in [7, 11) is 0. The molecule has 0 unspecified atom stereocenters. The number of rotatable bonds is 9. The van der Waals surface area contributed by atoms with Crippen molar-refractivity contribution >= 4 is 17.8 Å². The fourth-order valence-electron chi connectivity index (χ4n) is 13.1. The molecule has 10 atom stereocenters. The number of ether oxygens (including phenoxy) is 1. The van der Waals surface area contributed by atoms with E-state index in [1.165, 1.54) is 12.0 Å². The Balaban J connectivity index is 1.40. The van der Waals surface area contributed by atoms with Crippen molar-refractivity contribution in [2.75, 3.05) is 13.2 Å². The largest absolute Gasteiger partial charge is 0.481 e. The van der Waals surface area contributed by atoms with Crippen molar-refractivity contribution in [1.29, 1.82) is 0 Å². The average Bonchev–Trinajstić information content (AvgIpc) is 3.34. The van der Waals surface area contributed by atoms with Gasteiger partial charge in [0, 0.05) is 12.0 Å². The number of hydrogen-bond donors (Lipinski definition) is 3. The highest BCUT2D eigenvalue weighted by atomic mass is 16.5. The fourth-order valence-corrected chi connectivity index (χ4v) is 13.1. The zero-order valence-corrected chi connectivity index (χ0v) is 30.1. The minimum Gasteiger partial charge on any atom is -0.481 e. The second-order valence-corrected chi connectivity index (χ2v) is 18.6. The van der Waals surface area contributed by atoms with Gasteiger partial charge in [0.25, 0.3) is 0 Å². The molecule has 5 aliphatic carbocycles. The Hall–Kier alpha value is -1.89. The third-order valence-corrected chi connectivity index (χ3v) is 15.4. The van der Waals surface area contributed by atoms with Crippen LogP contribution in [-0.4, -0.2) is 47.3 Å².